The van der Waals surface area contributed by atoms with Crippen molar-refractivity contribution in [1.29, 1.82) is 0 Å². The molecule has 6 rings (SSSR count). The number of amides is 1. The van der Waals surface area contributed by atoms with Gasteiger partial charge in [-0.15, -0.1) is 0 Å². The zero-order chi connectivity index (χ0) is 35.2. The van der Waals surface area contributed by atoms with E-state index in [-0.39, 0.29) is 11.7 Å². The van der Waals surface area contributed by atoms with Gasteiger partial charge in [0.05, 0.1) is 35.5 Å². The Kier molecular flexibility index (Phi) is 10.1. The number of hydrazine groups is 1. The highest BCUT2D eigenvalue weighted by Gasteiger charge is 2.29. The smallest absolute Gasteiger partial charge is 0.350 e. The molecule has 1 unspecified atom stereocenters. The van der Waals surface area contributed by atoms with Gasteiger partial charge in [-0.3, -0.25) is 4.79 Å². The number of esters is 1. The van der Waals surface area contributed by atoms with E-state index in [1.807, 2.05) is 78.9 Å². The molecule has 0 saturated heterocycles. The van der Waals surface area contributed by atoms with Gasteiger partial charge in [-0.25, -0.2) is 20.6 Å². The molecule has 0 radical (unpaired) electrons. The molecule has 1 aliphatic heterocycles. The third kappa shape index (κ3) is 7.13. The lowest BCUT2D eigenvalue weighted by Crippen LogP contribution is -2.35. The van der Waals surface area contributed by atoms with Gasteiger partial charge in [0.25, 0.3) is 5.91 Å². The van der Waals surface area contributed by atoms with Crippen LogP contribution in [0.2, 0.25) is 0 Å². The van der Waals surface area contributed by atoms with E-state index >= 15 is 0 Å². The third-order valence-corrected chi connectivity index (χ3v) is 8.58. The lowest BCUT2D eigenvalue weighted by atomic mass is 10.00. The van der Waals surface area contributed by atoms with Gasteiger partial charge in [0, 0.05) is 48.5 Å². The van der Waals surface area contributed by atoms with E-state index in [0.29, 0.717) is 34.9 Å². The highest BCUT2D eigenvalue weighted by Crippen LogP contribution is 2.37. The monoisotopic (exact) mass is 670 g/mol. The van der Waals surface area contributed by atoms with E-state index in [4.69, 9.17) is 20.4 Å². The minimum absolute atomic E-state index is 0.116. The van der Waals surface area contributed by atoms with E-state index in [9.17, 15) is 14.7 Å². The van der Waals surface area contributed by atoms with Crippen molar-refractivity contribution < 1.29 is 24.3 Å². The van der Waals surface area contributed by atoms with Crippen LogP contribution < -0.4 is 15.8 Å². The molecule has 4 N–H and O–H groups in total. The molecule has 0 fully saturated rings. The fraction of sp³-hybridized carbons (Fsp3) is 0.179. The Morgan fingerprint density at radius 1 is 0.940 bits per heavy atom. The van der Waals surface area contributed by atoms with Crippen LogP contribution in [-0.4, -0.2) is 59.0 Å². The number of benzene rings is 4. The number of carbonyl (C=O) groups excluding carboxylic acids is 2. The van der Waals surface area contributed by atoms with E-state index in [1.165, 1.54) is 13.2 Å². The second kappa shape index (κ2) is 14.9. The van der Waals surface area contributed by atoms with Crippen LogP contribution in [0.4, 0.5) is 11.4 Å². The molecule has 11 nitrogen and oxygen atoms in total. The summed E-state index contributed by atoms with van der Waals surface area (Å²) in [7, 11) is 1.32. The summed E-state index contributed by atoms with van der Waals surface area (Å²) in [6.45, 7) is 5.79. The molecular formula is C39H38N6O5. The second-order valence-electron chi connectivity index (χ2n) is 11.6. The average Bonchev–Trinajstić information content (AvgIpc) is 3.83. The molecule has 1 amide bonds. The van der Waals surface area contributed by atoms with Crippen molar-refractivity contribution in [2.75, 3.05) is 30.1 Å². The summed E-state index contributed by atoms with van der Waals surface area (Å²) in [6.07, 6.45) is 2.70. The number of nitrogens with zero attached hydrogens (tertiary/aromatic N) is 4. The highest BCUT2D eigenvalue weighted by atomic mass is 16.7. The second-order valence-corrected chi connectivity index (χ2v) is 11.6. The summed E-state index contributed by atoms with van der Waals surface area (Å²) in [5.41, 5.74) is 7.47. The number of aromatic hydroxyl groups is 1. The van der Waals surface area contributed by atoms with Crippen LogP contribution in [0, 0.1) is 0 Å². The highest BCUT2D eigenvalue weighted by molar-refractivity contribution is 6.04. The Morgan fingerprint density at radius 2 is 1.62 bits per heavy atom. The number of nitrogens with one attached hydrogen (secondary N) is 1. The van der Waals surface area contributed by atoms with Crippen molar-refractivity contribution in [1.82, 2.24) is 9.97 Å². The number of para-hydroxylation sites is 1. The normalized spacial score (nSPS) is 13.9. The molecular weight excluding hydrogens is 632 g/mol. The number of oxime groups is 1. The maximum absolute atomic E-state index is 12.7. The first-order chi connectivity index (χ1) is 24.3. The molecule has 50 heavy (non-hydrogen) atoms. The molecule has 0 bridgehead atoms. The molecule has 0 aliphatic carbocycles. The van der Waals surface area contributed by atoms with Gasteiger partial charge >= 0.3 is 5.97 Å². The fourth-order valence-electron chi connectivity index (χ4n) is 5.78. The van der Waals surface area contributed by atoms with Gasteiger partial charge in [0.1, 0.15) is 11.6 Å². The van der Waals surface area contributed by atoms with Crippen LogP contribution in [0.1, 0.15) is 31.4 Å². The number of phenols is 1. The minimum atomic E-state index is -0.759. The molecule has 1 atom stereocenters. The molecule has 254 valence electrons. The molecule has 0 saturated carbocycles. The largest absolute Gasteiger partial charge is 0.507 e. The van der Waals surface area contributed by atoms with E-state index in [2.05, 4.69) is 28.9 Å². The SMILES string of the molecule is CCN(CC)c1ccc(-c2nc(-c3ccc(C4=NOC(C(=O)OC)C4)cc3)c(-c3ccc(C=CC(=O)N(N)c4ccccc4)cc3)[nH]2)c(O)c1. The van der Waals surface area contributed by atoms with Crippen LogP contribution >= 0.6 is 0 Å². The van der Waals surface area contributed by atoms with Gasteiger partial charge in [-0.1, -0.05) is 71.9 Å². The summed E-state index contributed by atoms with van der Waals surface area (Å²) in [6, 6.07) is 30.0. The first-order valence-electron chi connectivity index (χ1n) is 16.3. The van der Waals surface area contributed by atoms with Gasteiger partial charge < -0.3 is 24.6 Å². The first-order valence-corrected chi connectivity index (χ1v) is 16.3. The summed E-state index contributed by atoms with van der Waals surface area (Å²) in [5.74, 6) is 5.81. The Hall–Kier alpha value is -6.20. The van der Waals surface area contributed by atoms with Gasteiger partial charge in [0.15, 0.2) is 0 Å². The Morgan fingerprint density at radius 3 is 2.28 bits per heavy atom. The number of H-pyrrole nitrogens is 1. The van der Waals surface area contributed by atoms with Crippen LogP contribution in [0.25, 0.3) is 40.0 Å². The number of aromatic amines is 1. The third-order valence-electron chi connectivity index (χ3n) is 8.58. The summed E-state index contributed by atoms with van der Waals surface area (Å²) in [5, 5.41) is 16.3. The number of anilines is 2. The molecule has 1 aliphatic rings. The molecule has 5 aromatic rings. The van der Waals surface area contributed by atoms with Crippen molar-refractivity contribution in [2.45, 2.75) is 26.4 Å². The molecule has 1 aromatic heterocycles. The lowest BCUT2D eigenvalue weighted by Gasteiger charge is -2.21. The Balaban J connectivity index is 1.31. The fourth-order valence-corrected chi connectivity index (χ4v) is 5.78. The zero-order valence-corrected chi connectivity index (χ0v) is 28.0. The van der Waals surface area contributed by atoms with Gasteiger partial charge in [-0.05, 0) is 55.3 Å². The number of phenolic OH excluding ortho intramolecular Hbond substituents is 1. The molecule has 11 heteroatoms. The van der Waals surface area contributed by atoms with E-state index in [0.717, 1.165) is 51.7 Å². The van der Waals surface area contributed by atoms with Gasteiger partial charge in [0.2, 0.25) is 6.10 Å². The number of hydrogen-bond donors (Lipinski definition) is 3. The molecule has 4 aromatic carbocycles. The number of methoxy groups -OCH3 is 1. The Labute approximate surface area is 290 Å². The number of carbonyl (C=O) groups is 2. The van der Waals surface area contributed by atoms with Crippen molar-refractivity contribution in [3.8, 4) is 39.7 Å². The maximum Gasteiger partial charge on any atom is 0.350 e. The predicted octanol–water partition coefficient (Wildman–Crippen LogP) is 6.55. The number of aromatic nitrogens is 2. The number of imidazole rings is 1. The number of ether oxygens (including phenoxy) is 1. The van der Waals surface area contributed by atoms with Crippen molar-refractivity contribution in [3.05, 3.63) is 114 Å². The summed E-state index contributed by atoms with van der Waals surface area (Å²) in [4.78, 5) is 40.5. The lowest BCUT2D eigenvalue weighted by molar-refractivity contribution is -0.152. The topological polar surface area (TPSA) is 146 Å². The number of hydrogen-bond acceptors (Lipinski definition) is 9. The summed E-state index contributed by atoms with van der Waals surface area (Å²) >= 11 is 0. The predicted molar refractivity (Wildman–Crippen MR) is 195 cm³/mol. The minimum Gasteiger partial charge on any atom is -0.507 e. The van der Waals surface area contributed by atoms with Crippen LogP contribution in [0.3, 0.4) is 0 Å². The zero-order valence-electron chi connectivity index (χ0n) is 28.0. The van der Waals surface area contributed by atoms with Crippen molar-refractivity contribution in [2.24, 2.45) is 11.0 Å². The van der Waals surface area contributed by atoms with Crippen molar-refractivity contribution >= 4 is 35.0 Å². The van der Waals surface area contributed by atoms with Crippen molar-refractivity contribution in [3.63, 3.8) is 0 Å². The standard InChI is InChI=1S/C39H38N6O5/c1-4-44(5-2)30-20-21-31(33(46)23-30)38-41-36(27-14-11-25(12-15-27)13-22-35(47)45(40)29-9-7-6-8-10-29)37(42-38)28-18-16-26(17-19-28)32-24-34(50-43-32)39(48)49-3/h6-23,34,46H,4-5,24,40H2,1-3H3,(H,41,42). The number of nitrogens with two attached hydrogens (primary N) is 1. The van der Waals surface area contributed by atoms with E-state index in [1.54, 1.807) is 24.3 Å². The van der Waals surface area contributed by atoms with Gasteiger partial charge in [-0.2, -0.15) is 0 Å². The van der Waals surface area contributed by atoms with Crippen LogP contribution in [0.15, 0.2) is 108 Å². The average molecular weight is 671 g/mol. The van der Waals surface area contributed by atoms with Crippen LogP contribution in [-0.2, 0) is 19.2 Å². The number of rotatable bonds is 11. The van der Waals surface area contributed by atoms with Crippen LogP contribution in [0.5, 0.6) is 5.75 Å². The molecule has 2 heterocycles. The molecule has 0 spiro atoms. The van der Waals surface area contributed by atoms with E-state index < -0.39 is 12.1 Å². The Bertz CT molecular complexity index is 2030. The summed E-state index contributed by atoms with van der Waals surface area (Å²) < 4.78 is 4.79. The maximum atomic E-state index is 12.7. The quantitative estimate of drug-likeness (QED) is 0.0472. The first kappa shape index (κ1) is 33.7.